The number of nitrogens with one attached hydrogen (secondary N) is 2. The first-order chi connectivity index (χ1) is 13.8. The summed E-state index contributed by atoms with van der Waals surface area (Å²) in [6.07, 6.45) is 5.59. The fourth-order valence-corrected chi connectivity index (χ4v) is 3.25. The Labute approximate surface area is 163 Å². The Hall–Kier alpha value is -3.22. The molecule has 0 fully saturated rings. The minimum atomic E-state index is 0.121. The van der Waals surface area contributed by atoms with Gasteiger partial charge in [-0.25, -0.2) is 9.97 Å². The van der Waals surface area contributed by atoms with Gasteiger partial charge in [-0.1, -0.05) is 42.5 Å². The molecule has 0 spiro atoms. The molecule has 0 atom stereocenters. The summed E-state index contributed by atoms with van der Waals surface area (Å²) >= 11 is 0. The lowest BCUT2D eigenvalue weighted by Crippen LogP contribution is -2.17. The van der Waals surface area contributed by atoms with Gasteiger partial charge in [-0.3, -0.25) is 4.40 Å². The lowest BCUT2D eigenvalue weighted by molar-refractivity contribution is 0.292. The number of aliphatic hydroxyl groups excluding tert-OH is 1. The summed E-state index contributed by atoms with van der Waals surface area (Å²) < 4.78 is 1.91. The van der Waals surface area contributed by atoms with Gasteiger partial charge in [0.25, 0.3) is 0 Å². The van der Waals surface area contributed by atoms with Crippen molar-refractivity contribution in [2.45, 2.75) is 13.5 Å². The molecule has 6 nitrogen and oxygen atoms in total. The van der Waals surface area contributed by atoms with E-state index in [9.17, 15) is 0 Å². The molecule has 0 saturated carbocycles. The van der Waals surface area contributed by atoms with Crippen LogP contribution in [-0.4, -0.2) is 32.6 Å². The summed E-state index contributed by atoms with van der Waals surface area (Å²) in [6.45, 7) is 3.45. The topological polar surface area (TPSA) is 74.5 Å². The Kier molecular flexibility index (Phi) is 5.32. The van der Waals surface area contributed by atoms with E-state index >= 15 is 0 Å². The first kappa shape index (κ1) is 18.2. The molecule has 3 N–H and O–H groups in total. The molecule has 0 radical (unpaired) electrons. The molecule has 142 valence electrons. The van der Waals surface area contributed by atoms with Crippen molar-refractivity contribution in [2.75, 3.05) is 18.5 Å². The zero-order valence-electron chi connectivity index (χ0n) is 15.8. The predicted molar refractivity (Wildman–Crippen MR) is 112 cm³/mol. The van der Waals surface area contributed by atoms with Crippen molar-refractivity contribution in [3.63, 3.8) is 0 Å². The summed E-state index contributed by atoms with van der Waals surface area (Å²) in [6, 6.07) is 16.6. The Morgan fingerprint density at radius 3 is 2.71 bits per heavy atom. The molecule has 2 aromatic heterocycles. The Balaban J connectivity index is 1.60. The van der Waals surface area contributed by atoms with Crippen LogP contribution in [0.5, 0.6) is 0 Å². The van der Waals surface area contributed by atoms with Crippen LogP contribution in [0.25, 0.3) is 16.8 Å². The van der Waals surface area contributed by atoms with E-state index in [-0.39, 0.29) is 6.61 Å². The summed E-state index contributed by atoms with van der Waals surface area (Å²) in [5.41, 5.74) is 6.37. The van der Waals surface area contributed by atoms with Crippen molar-refractivity contribution >= 4 is 17.2 Å². The van der Waals surface area contributed by atoms with E-state index in [2.05, 4.69) is 63.9 Å². The number of benzene rings is 2. The number of hydrogen-bond donors (Lipinski definition) is 3. The highest BCUT2D eigenvalue weighted by Gasteiger charge is 2.11. The van der Waals surface area contributed by atoms with Crippen LogP contribution in [0.2, 0.25) is 0 Å². The highest BCUT2D eigenvalue weighted by Crippen LogP contribution is 2.30. The molecule has 0 amide bonds. The van der Waals surface area contributed by atoms with E-state index in [0.29, 0.717) is 13.1 Å². The maximum Gasteiger partial charge on any atom is 0.181 e. The lowest BCUT2D eigenvalue weighted by Gasteiger charge is -2.12. The molecule has 6 heteroatoms. The number of aliphatic hydroxyl groups is 1. The Morgan fingerprint density at radius 2 is 1.89 bits per heavy atom. The molecule has 0 aliphatic rings. The molecule has 2 aromatic carbocycles. The van der Waals surface area contributed by atoms with Crippen LogP contribution in [0.15, 0.2) is 67.3 Å². The SMILES string of the molecule is Cc1c(Nc2ncn3cc(CNCCO)cnc23)cccc1-c1ccccc1. The summed E-state index contributed by atoms with van der Waals surface area (Å²) in [7, 11) is 0. The van der Waals surface area contributed by atoms with Crippen LogP contribution >= 0.6 is 0 Å². The second-order valence-corrected chi connectivity index (χ2v) is 6.66. The van der Waals surface area contributed by atoms with E-state index in [1.165, 1.54) is 16.7 Å². The zero-order chi connectivity index (χ0) is 19.3. The number of hydrogen-bond acceptors (Lipinski definition) is 5. The van der Waals surface area contributed by atoms with Gasteiger partial charge in [0.1, 0.15) is 6.33 Å². The number of imidazole rings is 1. The van der Waals surface area contributed by atoms with Crippen molar-refractivity contribution < 1.29 is 5.11 Å². The van der Waals surface area contributed by atoms with Crippen LogP contribution < -0.4 is 10.6 Å². The van der Waals surface area contributed by atoms with Crippen LogP contribution in [0.3, 0.4) is 0 Å². The van der Waals surface area contributed by atoms with Gasteiger partial charge in [-0.2, -0.15) is 0 Å². The van der Waals surface area contributed by atoms with E-state index in [4.69, 9.17) is 5.11 Å². The van der Waals surface area contributed by atoms with Gasteiger partial charge in [0, 0.05) is 36.7 Å². The van der Waals surface area contributed by atoms with E-state index in [0.717, 1.165) is 22.7 Å². The maximum atomic E-state index is 8.87. The van der Waals surface area contributed by atoms with Crippen molar-refractivity contribution in [1.82, 2.24) is 19.7 Å². The standard InChI is InChI=1S/C22H23N5O/c1-16-19(18-6-3-2-4-7-18)8-5-9-20(16)26-21-22-24-13-17(12-23-10-11-28)14-27(22)15-25-21/h2-9,13-15,23,26,28H,10-12H2,1H3. The summed E-state index contributed by atoms with van der Waals surface area (Å²) in [4.78, 5) is 9.06. The van der Waals surface area contributed by atoms with Gasteiger partial charge >= 0.3 is 0 Å². The third kappa shape index (κ3) is 3.74. The first-order valence-corrected chi connectivity index (χ1v) is 9.31. The number of nitrogens with zero attached hydrogens (tertiary/aromatic N) is 3. The minimum Gasteiger partial charge on any atom is -0.395 e. The van der Waals surface area contributed by atoms with Crippen molar-refractivity contribution in [1.29, 1.82) is 0 Å². The van der Waals surface area contributed by atoms with Gasteiger partial charge in [-0.15, -0.1) is 0 Å². The molecule has 0 bridgehead atoms. The fourth-order valence-electron chi connectivity index (χ4n) is 3.25. The smallest absolute Gasteiger partial charge is 0.181 e. The van der Waals surface area contributed by atoms with Gasteiger partial charge in [0.2, 0.25) is 0 Å². The summed E-state index contributed by atoms with van der Waals surface area (Å²) in [5, 5.41) is 15.5. The Morgan fingerprint density at radius 1 is 1.04 bits per heavy atom. The van der Waals surface area contributed by atoms with Gasteiger partial charge in [0.15, 0.2) is 11.5 Å². The number of rotatable bonds is 7. The average Bonchev–Trinajstić information content (AvgIpc) is 3.12. The van der Waals surface area contributed by atoms with E-state index in [1.807, 2.05) is 28.9 Å². The van der Waals surface area contributed by atoms with Crippen molar-refractivity contribution in [2.24, 2.45) is 0 Å². The largest absolute Gasteiger partial charge is 0.395 e. The molecule has 0 unspecified atom stereocenters. The molecule has 4 aromatic rings. The van der Waals surface area contributed by atoms with Crippen LogP contribution in [0.4, 0.5) is 11.5 Å². The highest BCUT2D eigenvalue weighted by atomic mass is 16.3. The van der Waals surface area contributed by atoms with Crippen molar-refractivity contribution in [3.05, 3.63) is 78.4 Å². The Bertz CT molecular complexity index is 1070. The molecule has 2 heterocycles. The third-order valence-corrected chi connectivity index (χ3v) is 4.71. The second-order valence-electron chi connectivity index (χ2n) is 6.66. The van der Waals surface area contributed by atoms with Crippen molar-refractivity contribution in [3.8, 4) is 11.1 Å². The first-order valence-electron chi connectivity index (χ1n) is 9.31. The molecular weight excluding hydrogens is 350 g/mol. The van der Waals surface area contributed by atoms with Crippen LogP contribution in [0, 0.1) is 6.92 Å². The van der Waals surface area contributed by atoms with Gasteiger partial charge < -0.3 is 15.7 Å². The van der Waals surface area contributed by atoms with Crippen LogP contribution in [-0.2, 0) is 6.54 Å². The average molecular weight is 373 g/mol. The molecular formula is C22H23N5O. The van der Waals surface area contributed by atoms with Gasteiger partial charge in [0.05, 0.1) is 6.61 Å². The highest BCUT2D eigenvalue weighted by molar-refractivity contribution is 5.78. The molecule has 0 saturated heterocycles. The minimum absolute atomic E-state index is 0.121. The lowest BCUT2D eigenvalue weighted by atomic mass is 9.99. The number of anilines is 2. The van der Waals surface area contributed by atoms with E-state index in [1.54, 1.807) is 6.33 Å². The fraction of sp³-hybridized carbons (Fsp3) is 0.182. The molecule has 28 heavy (non-hydrogen) atoms. The molecule has 4 rings (SSSR count). The number of fused-ring (bicyclic) bond motifs is 1. The van der Waals surface area contributed by atoms with Gasteiger partial charge in [-0.05, 0) is 29.7 Å². The molecule has 0 aliphatic carbocycles. The third-order valence-electron chi connectivity index (χ3n) is 4.71. The quantitative estimate of drug-likeness (QED) is 0.432. The zero-order valence-corrected chi connectivity index (χ0v) is 15.8. The summed E-state index contributed by atoms with van der Waals surface area (Å²) in [5.74, 6) is 0.725. The molecule has 0 aliphatic heterocycles. The normalized spacial score (nSPS) is 11.1. The second kappa shape index (κ2) is 8.21. The number of aromatic nitrogens is 3. The van der Waals surface area contributed by atoms with Crippen LogP contribution in [0.1, 0.15) is 11.1 Å². The maximum absolute atomic E-state index is 8.87. The van der Waals surface area contributed by atoms with E-state index < -0.39 is 0 Å². The monoisotopic (exact) mass is 373 g/mol. The predicted octanol–water partition coefficient (Wildman–Crippen LogP) is 3.53.